The van der Waals surface area contributed by atoms with E-state index in [0.29, 0.717) is 6.42 Å². The van der Waals surface area contributed by atoms with Gasteiger partial charge < -0.3 is 19.7 Å². The van der Waals surface area contributed by atoms with Gasteiger partial charge >= 0.3 is 5.97 Å². The Labute approximate surface area is 162 Å². The van der Waals surface area contributed by atoms with Gasteiger partial charge in [0, 0.05) is 25.2 Å². The summed E-state index contributed by atoms with van der Waals surface area (Å²) in [6.07, 6.45) is 3.50. The average molecular weight is 379 g/mol. The van der Waals surface area contributed by atoms with Crippen LogP contribution in [0.1, 0.15) is 54.4 Å². The third kappa shape index (κ3) is 3.62. The molecule has 8 atom stereocenters. The van der Waals surface area contributed by atoms with E-state index >= 15 is 0 Å². The number of aliphatic hydroxyl groups excluding tert-OH is 1. The Morgan fingerprint density at radius 3 is 2.63 bits per heavy atom. The van der Waals surface area contributed by atoms with E-state index in [9.17, 15) is 15.0 Å². The van der Waals surface area contributed by atoms with Gasteiger partial charge in [-0.05, 0) is 39.0 Å². The maximum absolute atomic E-state index is 11.7. The zero-order chi connectivity index (χ0) is 20.1. The number of carbonyl (C=O) groups excluding carboxylic acids is 1. The molecular weight excluding hydrogens is 344 g/mol. The minimum atomic E-state index is -1.34. The first kappa shape index (κ1) is 20.6. The molecule has 0 spiro atoms. The van der Waals surface area contributed by atoms with Crippen molar-refractivity contribution in [3.8, 4) is 0 Å². The van der Waals surface area contributed by atoms with Crippen LogP contribution in [0.3, 0.4) is 0 Å². The van der Waals surface area contributed by atoms with Gasteiger partial charge in [-0.15, -0.1) is 0 Å². The summed E-state index contributed by atoms with van der Waals surface area (Å²) in [6.45, 7) is 11.4. The van der Waals surface area contributed by atoms with Crippen molar-refractivity contribution >= 4 is 5.97 Å². The third-order valence-electron chi connectivity index (χ3n) is 6.79. The van der Waals surface area contributed by atoms with E-state index in [4.69, 9.17) is 9.47 Å². The van der Waals surface area contributed by atoms with Gasteiger partial charge in [-0.25, -0.2) is 0 Å². The van der Waals surface area contributed by atoms with E-state index in [2.05, 4.69) is 33.8 Å². The molecule has 2 N–H and O–H groups in total. The van der Waals surface area contributed by atoms with Crippen molar-refractivity contribution in [2.45, 2.75) is 84.4 Å². The highest BCUT2D eigenvalue weighted by atomic mass is 16.6. The molecule has 2 aliphatic heterocycles. The van der Waals surface area contributed by atoms with Gasteiger partial charge in [0.05, 0.1) is 18.3 Å². The van der Waals surface area contributed by atoms with Crippen LogP contribution in [0.15, 0.2) is 23.3 Å². The lowest BCUT2D eigenvalue weighted by Gasteiger charge is -2.45. The average Bonchev–Trinajstić information content (AvgIpc) is 2.91. The SMILES string of the molecule is CC(=O)OC1CC=C(C)CC2OC(C3C2C(C)=CC(O)C3C(C)C)C1(C)O. The van der Waals surface area contributed by atoms with Gasteiger partial charge in [0.1, 0.15) is 11.7 Å². The molecule has 2 bridgehead atoms. The summed E-state index contributed by atoms with van der Waals surface area (Å²) in [5.74, 6) is -0.0476. The number of aliphatic hydroxyl groups is 2. The molecule has 0 aromatic heterocycles. The van der Waals surface area contributed by atoms with Crippen LogP contribution < -0.4 is 0 Å². The molecule has 0 amide bonds. The van der Waals surface area contributed by atoms with Crippen LogP contribution in [0.2, 0.25) is 0 Å². The van der Waals surface area contributed by atoms with Gasteiger partial charge in [0.2, 0.25) is 0 Å². The Kier molecular flexibility index (Phi) is 5.59. The molecule has 3 rings (SSSR count). The maximum Gasteiger partial charge on any atom is 0.303 e. The van der Waals surface area contributed by atoms with Crippen molar-refractivity contribution in [3.05, 3.63) is 23.3 Å². The van der Waals surface area contributed by atoms with Crippen LogP contribution in [0.25, 0.3) is 0 Å². The van der Waals surface area contributed by atoms with Crippen molar-refractivity contribution in [1.29, 1.82) is 0 Å². The Bertz CT molecular complexity index is 647. The molecule has 2 heterocycles. The fourth-order valence-corrected chi connectivity index (χ4v) is 5.60. The van der Waals surface area contributed by atoms with Crippen molar-refractivity contribution < 1.29 is 24.5 Å². The molecular formula is C22H34O5. The highest BCUT2D eigenvalue weighted by Crippen LogP contribution is 2.53. The Morgan fingerprint density at radius 1 is 1.37 bits per heavy atom. The van der Waals surface area contributed by atoms with Gasteiger partial charge in [-0.3, -0.25) is 4.79 Å². The third-order valence-corrected chi connectivity index (χ3v) is 6.79. The summed E-state index contributed by atoms with van der Waals surface area (Å²) in [5, 5.41) is 22.4. The molecule has 1 saturated heterocycles. The summed E-state index contributed by atoms with van der Waals surface area (Å²) in [5.41, 5.74) is 0.967. The lowest BCUT2D eigenvalue weighted by atomic mass is 9.61. The van der Waals surface area contributed by atoms with Crippen LogP contribution >= 0.6 is 0 Å². The van der Waals surface area contributed by atoms with E-state index in [1.807, 2.05) is 6.08 Å². The largest absolute Gasteiger partial charge is 0.459 e. The number of esters is 1. The molecule has 5 nitrogen and oxygen atoms in total. The van der Waals surface area contributed by atoms with Gasteiger partial charge in [0.15, 0.2) is 0 Å². The Balaban J connectivity index is 2.10. The monoisotopic (exact) mass is 378 g/mol. The molecule has 8 unspecified atom stereocenters. The standard InChI is InChI=1S/C22H34O5/c1-11(2)18-15(24)10-13(4)19-16-9-12(3)7-8-17(26-14(5)23)22(6,25)21(27-16)20(18)19/h7,10-11,15-21,24-25H,8-9H2,1-6H3. The minimum Gasteiger partial charge on any atom is -0.459 e. The lowest BCUT2D eigenvalue weighted by Crippen LogP contribution is -2.56. The number of fused-ring (bicyclic) bond motifs is 5. The molecule has 0 aromatic rings. The second-order valence-electron chi connectivity index (χ2n) is 9.24. The minimum absolute atomic E-state index is 0.0122. The van der Waals surface area contributed by atoms with E-state index in [1.54, 1.807) is 6.92 Å². The van der Waals surface area contributed by atoms with Crippen molar-refractivity contribution in [2.75, 3.05) is 0 Å². The fourth-order valence-electron chi connectivity index (χ4n) is 5.60. The molecule has 1 aliphatic carbocycles. The van der Waals surface area contributed by atoms with Crippen LogP contribution in [-0.2, 0) is 14.3 Å². The predicted octanol–water partition coefficient (Wildman–Crippen LogP) is 3.00. The summed E-state index contributed by atoms with van der Waals surface area (Å²) in [7, 11) is 0. The highest BCUT2D eigenvalue weighted by molar-refractivity contribution is 5.66. The normalized spacial score (nSPS) is 44.6. The number of hydrogen-bond donors (Lipinski definition) is 2. The second kappa shape index (κ2) is 7.34. The molecule has 1 fully saturated rings. The first-order valence-electron chi connectivity index (χ1n) is 10.1. The topological polar surface area (TPSA) is 76.0 Å². The zero-order valence-electron chi connectivity index (χ0n) is 17.3. The summed E-state index contributed by atoms with van der Waals surface area (Å²) in [6, 6.07) is 0. The van der Waals surface area contributed by atoms with E-state index in [0.717, 1.165) is 12.0 Å². The van der Waals surface area contributed by atoms with Crippen LogP contribution in [0, 0.1) is 23.7 Å². The smallest absolute Gasteiger partial charge is 0.303 e. The first-order chi connectivity index (χ1) is 12.5. The maximum atomic E-state index is 11.7. The van der Waals surface area contributed by atoms with Gasteiger partial charge in [0.25, 0.3) is 0 Å². The zero-order valence-corrected chi connectivity index (χ0v) is 17.3. The second-order valence-corrected chi connectivity index (χ2v) is 9.24. The lowest BCUT2D eigenvalue weighted by molar-refractivity contribution is -0.189. The van der Waals surface area contributed by atoms with Crippen molar-refractivity contribution in [2.24, 2.45) is 23.7 Å². The van der Waals surface area contributed by atoms with Crippen molar-refractivity contribution in [3.63, 3.8) is 0 Å². The predicted molar refractivity (Wildman–Crippen MR) is 103 cm³/mol. The molecule has 3 aliphatic rings. The highest BCUT2D eigenvalue weighted by Gasteiger charge is 2.60. The van der Waals surface area contributed by atoms with Crippen LogP contribution in [0.5, 0.6) is 0 Å². The molecule has 0 saturated carbocycles. The fraction of sp³-hybridized carbons (Fsp3) is 0.773. The summed E-state index contributed by atoms with van der Waals surface area (Å²) < 4.78 is 12.0. The summed E-state index contributed by atoms with van der Waals surface area (Å²) in [4.78, 5) is 11.7. The van der Waals surface area contributed by atoms with E-state index < -0.39 is 29.9 Å². The van der Waals surface area contributed by atoms with Crippen LogP contribution in [-0.4, -0.2) is 46.2 Å². The van der Waals surface area contributed by atoms with Gasteiger partial charge in [-0.1, -0.05) is 37.1 Å². The quantitative estimate of drug-likeness (QED) is 0.571. The van der Waals surface area contributed by atoms with Gasteiger partial charge in [-0.2, -0.15) is 0 Å². The number of rotatable bonds is 2. The summed E-state index contributed by atoms with van der Waals surface area (Å²) >= 11 is 0. The molecule has 0 radical (unpaired) electrons. The van der Waals surface area contributed by atoms with Crippen LogP contribution in [0.4, 0.5) is 0 Å². The van der Waals surface area contributed by atoms with Crippen molar-refractivity contribution in [1.82, 2.24) is 0 Å². The molecule has 5 heteroatoms. The van der Waals surface area contributed by atoms with E-state index in [1.165, 1.54) is 12.5 Å². The number of carbonyl (C=O) groups is 1. The molecule has 27 heavy (non-hydrogen) atoms. The Morgan fingerprint density at radius 2 is 2.04 bits per heavy atom. The molecule has 152 valence electrons. The Hall–Kier alpha value is -1.17. The number of hydrogen-bond acceptors (Lipinski definition) is 5. The molecule has 0 aromatic carbocycles. The van der Waals surface area contributed by atoms with E-state index in [-0.39, 0.29) is 29.8 Å². The first-order valence-corrected chi connectivity index (χ1v) is 10.1. The number of ether oxygens (including phenoxy) is 2.